The summed E-state index contributed by atoms with van der Waals surface area (Å²) in [6, 6.07) is 10.3. The van der Waals surface area contributed by atoms with Crippen LogP contribution in [0.15, 0.2) is 52.3 Å². The third-order valence-corrected chi connectivity index (χ3v) is 8.56. The van der Waals surface area contributed by atoms with E-state index in [2.05, 4.69) is 22.4 Å². The van der Waals surface area contributed by atoms with Gasteiger partial charge in [-0.15, -0.1) is 0 Å². The highest BCUT2D eigenvalue weighted by Crippen LogP contribution is 2.55. The summed E-state index contributed by atoms with van der Waals surface area (Å²) in [5.41, 5.74) is 2.75. The van der Waals surface area contributed by atoms with Gasteiger partial charge in [0.25, 0.3) is 5.56 Å². The van der Waals surface area contributed by atoms with Crippen LogP contribution in [-0.4, -0.2) is 30.8 Å². The molecule has 7 nitrogen and oxygen atoms in total. The summed E-state index contributed by atoms with van der Waals surface area (Å²) >= 11 is 0. The Morgan fingerprint density at radius 2 is 1.71 bits per heavy atom. The number of aryl methyl sites for hydroxylation is 2. The smallest absolute Gasteiger partial charge is 0.328 e. The lowest BCUT2D eigenvalue weighted by Gasteiger charge is -2.57. The van der Waals surface area contributed by atoms with E-state index in [-0.39, 0.29) is 23.3 Å². The molecule has 0 aliphatic heterocycles. The van der Waals surface area contributed by atoms with Gasteiger partial charge in [0.15, 0.2) is 11.2 Å². The largest absolute Gasteiger partial charge is 0.332 e. The van der Waals surface area contributed by atoms with E-state index < -0.39 is 0 Å². The van der Waals surface area contributed by atoms with Crippen molar-refractivity contribution in [2.24, 2.45) is 31.8 Å². The number of hydrogen-bond acceptors (Lipinski definition) is 4. The van der Waals surface area contributed by atoms with Gasteiger partial charge in [0.1, 0.15) is 0 Å². The fraction of sp³-hybridized carbons (Fsp3) is 0.519. The van der Waals surface area contributed by atoms with Gasteiger partial charge >= 0.3 is 5.69 Å². The fourth-order valence-corrected chi connectivity index (χ4v) is 7.31. The van der Waals surface area contributed by atoms with Gasteiger partial charge in [-0.25, -0.2) is 9.78 Å². The highest BCUT2D eigenvalue weighted by Gasteiger charge is 2.50. The lowest BCUT2D eigenvalue weighted by atomic mass is 9.53. The highest BCUT2D eigenvalue weighted by molar-refractivity contribution is 5.70. The third kappa shape index (κ3) is 3.57. The summed E-state index contributed by atoms with van der Waals surface area (Å²) in [4.78, 5) is 30.4. The molecule has 4 bridgehead atoms. The van der Waals surface area contributed by atoms with E-state index in [0.717, 1.165) is 35.4 Å². The van der Waals surface area contributed by atoms with Gasteiger partial charge in [0.2, 0.25) is 0 Å². The lowest BCUT2D eigenvalue weighted by molar-refractivity contribution is -0.0176. The molecule has 0 radical (unpaired) electrons. The summed E-state index contributed by atoms with van der Waals surface area (Å²) < 4.78 is 4.46. The van der Waals surface area contributed by atoms with E-state index >= 15 is 0 Å². The molecule has 7 rings (SSSR count). The molecule has 4 aliphatic carbocycles. The molecule has 2 aromatic heterocycles. The number of imidazole rings is 1. The van der Waals surface area contributed by atoms with Crippen molar-refractivity contribution in [3.8, 4) is 0 Å². The molecule has 0 unspecified atom stereocenters. The molecular weight excluding hydrogens is 426 g/mol. The van der Waals surface area contributed by atoms with Crippen LogP contribution in [0.2, 0.25) is 0 Å². The van der Waals surface area contributed by atoms with E-state index in [4.69, 9.17) is 0 Å². The van der Waals surface area contributed by atoms with Crippen LogP contribution in [0.5, 0.6) is 0 Å². The van der Waals surface area contributed by atoms with Gasteiger partial charge in [0, 0.05) is 32.7 Å². The Bertz CT molecular complexity index is 1340. The Labute approximate surface area is 199 Å². The van der Waals surface area contributed by atoms with Crippen molar-refractivity contribution in [1.29, 1.82) is 0 Å². The third-order valence-electron chi connectivity index (χ3n) is 8.56. The Kier molecular flexibility index (Phi) is 5.13. The Morgan fingerprint density at radius 1 is 1.06 bits per heavy atom. The van der Waals surface area contributed by atoms with Crippen LogP contribution < -0.4 is 16.6 Å². The zero-order chi connectivity index (χ0) is 23.4. The maximum atomic E-state index is 13.2. The van der Waals surface area contributed by atoms with Crippen molar-refractivity contribution in [2.45, 2.75) is 50.6 Å². The van der Waals surface area contributed by atoms with E-state index in [1.165, 1.54) is 47.7 Å². The second-order valence-electron chi connectivity index (χ2n) is 10.9. The number of rotatable bonds is 6. The monoisotopic (exact) mass is 459 g/mol. The molecule has 0 saturated heterocycles. The zero-order valence-electron chi connectivity index (χ0n) is 20.0. The van der Waals surface area contributed by atoms with E-state index in [9.17, 15) is 9.59 Å². The summed E-state index contributed by atoms with van der Waals surface area (Å²) in [5, 5.41) is 3.98. The summed E-state index contributed by atoms with van der Waals surface area (Å²) in [6.07, 6.45) is 11.8. The number of nitrogens with one attached hydrogen (secondary N) is 1. The molecule has 178 valence electrons. The summed E-state index contributed by atoms with van der Waals surface area (Å²) in [5.74, 6) is 2.65. The van der Waals surface area contributed by atoms with Crippen LogP contribution in [0.25, 0.3) is 16.7 Å². The molecule has 0 amide bonds. The van der Waals surface area contributed by atoms with E-state index in [1.54, 1.807) is 25.0 Å². The first-order chi connectivity index (χ1) is 16.4. The summed E-state index contributed by atoms with van der Waals surface area (Å²) in [7, 11) is 3.45. The minimum absolute atomic E-state index is 0.236. The molecule has 3 aromatic rings. The average molecular weight is 460 g/mol. The van der Waals surface area contributed by atoms with Crippen LogP contribution in [0.1, 0.15) is 44.1 Å². The van der Waals surface area contributed by atoms with Crippen molar-refractivity contribution in [3.63, 3.8) is 0 Å². The second kappa shape index (κ2) is 8.08. The van der Waals surface area contributed by atoms with Crippen molar-refractivity contribution in [3.05, 3.63) is 69.1 Å². The number of aromatic nitrogens is 4. The van der Waals surface area contributed by atoms with Crippen LogP contribution >= 0.6 is 0 Å². The molecule has 4 fully saturated rings. The molecule has 7 heteroatoms. The molecule has 1 N–H and O–H groups in total. The van der Waals surface area contributed by atoms with Gasteiger partial charge in [-0.1, -0.05) is 36.4 Å². The number of nitrogens with zero attached hydrogens (tertiary/aromatic N) is 4. The Hall–Kier alpha value is -2.93. The van der Waals surface area contributed by atoms with Crippen molar-refractivity contribution < 1.29 is 0 Å². The molecule has 4 aliphatic rings. The van der Waals surface area contributed by atoms with Crippen molar-refractivity contribution in [1.82, 2.24) is 24.0 Å². The predicted octanol–water partition coefficient (Wildman–Crippen LogP) is 3.08. The van der Waals surface area contributed by atoms with Gasteiger partial charge in [-0.3, -0.25) is 13.9 Å². The van der Waals surface area contributed by atoms with Gasteiger partial charge < -0.3 is 9.88 Å². The maximum absolute atomic E-state index is 13.2. The van der Waals surface area contributed by atoms with Gasteiger partial charge in [-0.05, 0) is 67.4 Å². The molecule has 4 saturated carbocycles. The van der Waals surface area contributed by atoms with Crippen molar-refractivity contribution >= 4 is 16.7 Å². The summed E-state index contributed by atoms with van der Waals surface area (Å²) in [6.45, 7) is 0.985. The zero-order valence-corrected chi connectivity index (χ0v) is 20.0. The predicted molar refractivity (Wildman–Crippen MR) is 134 cm³/mol. The quantitative estimate of drug-likeness (QED) is 0.615. The number of allylic oxidation sites excluding steroid dienone is 1. The topological polar surface area (TPSA) is 73.8 Å². The molecular formula is C27H33N5O2. The minimum atomic E-state index is -0.339. The molecule has 34 heavy (non-hydrogen) atoms. The maximum Gasteiger partial charge on any atom is 0.332 e. The lowest BCUT2D eigenvalue weighted by Crippen LogP contribution is -2.58. The Morgan fingerprint density at radius 3 is 2.35 bits per heavy atom. The molecule has 2 heterocycles. The standard InChI is InChI=1S/C27H33N5O2/c1-30-17-28-24-23(30)25(33)32(26(34)31(24)2)9-8-22(21-6-4-3-5-7-21)16-29-27-13-18-10-19(14-27)12-20(11-18)15-27/h3-8,17-20,29H,9-16H2,1-2H3/b22-8-. The fourth-order valence-electron chi connectivity index (χ4n) is 7.31. The first kappa shape index (κ1) is 21.6. The van der Waals surface area contributed by atoms with Crippen LogP contribution in [0, 0.1) is 17.8 Å². The van der Waals surface area contributed by atoms with Crippen LogP contribution in [-0.2, 0) is 20.6 Å². The van der Waals surface area contributed by atoms with Gasteiger partial charge in [-0.2, -0.15) is 0 Å². The Balaban J connectivity index is 1.32. The van der Waals surface area contributed by atoms with Crippen LogP contribution in [0.4, 0.5) is 0 Å². The molecule has 0 atom stereocenters. The first-order valence-corrected chi connectivity index (χ1v) is 12.5. The second-order valence-corrected chi connectivity index (χ2v) is 10.9. The first-order valence-electron chi connectivity index (χ1n) is 12.5. The minimum Gasteiger partial charge on any atom is -0.328 e. The number of fused-ring (bicyclic) bond motifs is 1. The normalized spacial score (nSPS) is 28.2. The highest BCUT2D eigenvalue weighted by atomic mass is 16.2. The SMILES string of the molecule is Cn1cnc2c1c(=O)n(C/C=C(/CNC13CC4CC(CC(C4)C1)C3)c1ccccc1)c(=O)n2C. The van der Waals surface area contributed by atoms with Gasteiger partial charge in [0.05, 0.1) is 6.33 Å². The average Bonchev–Trinajstić information content (AvgIpc) is 3.21. The number of hydrogen-bond donors (Lipinski definition) is 1. The van der Waals surface area contributed by atoms with E-state index in [1.807, 2.05) is 24.3 Å². The van der Waals surface area contributed by atoms with E-state index in [0.29, 0.717) is 11.2 Å². The molecule has 1 aromatic carbocycles. The van der Waals surface area contributed by atoms with Crippen LogP contribution in [0.3, 0.4) is 0 Å². The number of benzene rings is 1. The van der Waals surface area contributed by atoms with Crippen molar-refractivity contribution in [2.75, 3.05) is 6.54 Å². The molecule has 0 spiro atoms.